The number of carbonyl (C=O) groups is 1. The van der Waals surface area contributed by atoms with Gasteiger partial charge in [0.2, 0.25) is 0 Å². The van der Waals surface area contributed by atoms with Gasteiger partial charge >= 0.3 is 5.97 Å². The zero-order valence-electron chi connectivity index (χ0n) is 18.3. The van der Waals surface area contributed by atoms with Gasteiger partial charge in [0.25, 0.3) is 0 Å². The third kappa shape index (κ3) is 15.0. The molecule has 0 amide bonds. The van der Waals surface area contributed by atoms with Crippen molar-refractivity contribution in [2.45, 2.75) is 101 Å². The van der Waals surface area contributed by atoms with Gasteiger partial charge in [-0.15, -0.1) is 0 Å². The van der Waals surface area contributed by atoms with Gasteiger partial charge in [-0.05, 0) is 46.2 Å². The number of ether oxygens (including phenoxy) is 1. The highest BCUT2D eigenvalue weighted by Crippen LogP contribution is 2.23. The molecule has 0 radical (unpaired) electrons. The molecule has 1 fully saturated rings. The van der Waals surface area contributed by atoms with Crippen LogP contribution in [-0.2, 0) is 9.53 Å². The molecule has 3 nitrogen and oxygen atoms in total. The zero-order chi connectivity index (χ0) is 19.4. The number of hydrogen-bond donors (Lipinski definition) is 0. The van der Waals surface area contributed by atoms with Crippen LogP contribution >= 0.6 is 0 Å². The number of likely N-dealkylation sites (tertiary alicyclic amines) is 1. The van der Waals surface area contributed by atoms with E-state index in [1.807, 2.05) is 55.4 Å². The fraction of sp³-hybridized carbons (Fsp3) is 0.952. The highest BCUT2D eigenvalue weighted by atomic mass is 16.5. The first kappa shape index (κ1) is 28.2. The number of rotatable bonds is 6. The first-order valence-electron chi connectivity index (χ1n) is 10.5. The summed E-state index contributed by atoms with van der Waals surface area (Å²) in [4.78, 5) is 14.3. The molecule has 1 saturated heterocycles. The first-order chi connectivity index (χ1) is 11.6. The van der Waals surface area contributed by atoms with Gasteiger partial charge in [-0.25, -0.2) is 0 Å². The van der Waals surface area contributed by atoms with Crippen molar-refractivity contribution in [2.75, 3.05) is 26.2 Å². The molecule has 0 atom stereocenters. The van der Waals surface area contributed by atoms with Crippen LogP contribution in [0.5, 0.6) is 0 Å². The predicted octanol–water partition coefficient (Wildman–Crippen LogP) is 6.31. The monoisotopic (exact) mass is 345 g/mol. The third-order valence-corrected chi connectivity index (χ3v) is 3.77. The van der Waals surface area contributed by atoms with Crippen LogP contribution in [0.1, 0.15) is 101 Å². The standard InChI is InChI=1S/C15H29NO2.3C2H6/c1-4-9-15(2,3)14(17)18-13-12-16-10-7-5-6-8-11-16;3*1-2/h4-13H2,1-3H3;3*1-2H3. The molecule has 0 N–H and O–H groups in total. The normalized spacial score (nSPS) is 14.5. The summed E-state index contributed by atoms with van der Waals surface area (Å²) in [5.41, 5.74) is -0.326. The van der Waals surface area contributed by atoms with Gasteiger partial charge in [0.1, 0.15) is 6.61 Å². The summed E-state index contributed by atoms with van der Waals surface area (Å²) < 4.78 is 5.42. The number of carbonyl (C=O) groups excluding carboxylic acids is 1. The molecular formula is C21H47NO2. The Balaban J connectivity index is -0.000000659. The maximum absolute atomic E-state index is 11.9. The lowest BCUT2D eigenvalue weighted by Crippen LogP contribution is -2.32. The molecule has 0 spiro atoms. The van der Waals surface area contributed by atoms with Crippen LogP contribution < -0.4 is 0 Å². The largest absolute Gasteiger partial charge is 0.464 e. The van der Waals surface area contributed by atoms with Gasteiger partial charge in [0.05, 0.1) is 5.41 Å². The lowest BCUT2D eigenvalue weighted by Gasteiger charge is -2.24. The Morgan fingerprint density at radius 1 is 0.917 bits per heavy atom. The van der Waals surface area contributed by atoms with E-state index in [1.165, 1.54) is 25.7 Å². The van der Waals surface area contributed by atoms with Crippen LogP contribution in [0.2, 0.25) is 0 Å². The lowest BCUT2D eigenvalue weighted by atomic mass is 9.88. The average Bonchev–Trinajstić information content (AvgIpc) is 2.89. The predicted molar refractivity (Wildman–Crippen MR) is 109 cm³/mol. The van der Waals surface area contributed by atoms with Crippen molar-refractivity contribution in [1.82, 2.24) is 4.90 Å². The van der Waals surface area contributed by atoms with Gasteiger partial charge < -0.3 is 4.74 Å². The molecule has 0 unspecified atom stereocenters. The van der Waals surface area contributed by atoms with E-state index in [0.717, 1.165) is 32.5 Å². The van der Waals surface area contributed by atoms with Crippen molar-refractivity contribution in [3.05, 3.63) is 0 Å². The van der Waals surface area contributed by atoms with Crippen molar-refractivity contribution in [2.24, 2.45) is 5.41 Å². The molecule has 0 aliphatic carbocycles. The van der Waals surface area contributed by atoms with E-state index in [1.54, 1.807) is 0 Å². The van der Waals surface area contributed by atoms with Gasteiger partial charge in [-0.3, -0.25) is 9.69 Å². The van der Waals surface area contributed by atoms with E-state index in [-0.39, 0.29) is 11.4 Å². The molecule has 1 aliphatic heterocycles. The molecule has 148 valence electrons. The van der Waals surface area contributed by atoms with E-state index in [9.17, 15) is 4.79 Å². The summed E-state index contributed by atoms with van der Waals surface area (Å²) in [7, 11) is 0. The SMILES string of the molecule is CC.CC.CC.CCCC(C)(C)C(=O)OCCN1CCCCCC1. The second kappa shape index (κ2) is 20.5. The van der Waals surface area contributed by atoms with Gasteiger partial charge in [0, 0.05) is 6.54 Å². The quantitative estimate of drug-likeness (QED) is 0.528. The van der Waals surface area contributed by atoms with Crippen LogP contribution in [0.4, 0.5) is 0 Å². The van der Waals surface area contributed by atoms with E-state index in [2.05, 4.69) is 11.8 Å². The second-order valence-electron chi connectivity index (χ2n) is 6.03. The maximum atomic E-state index is 11.9. The summed E-state index contributed by atoms with van der Waals surface area (Å²) in [6, 6.07) is 0. The third-order valence-electron chi connectivity index (χ3n) is 3.77. The van der Waals surface area contributed by atoms with Crippen LogP contribution in [-0.4, -0.2) is 37.1 Å². The van der Waals surface area contributed by atoms with Crippen LogP contribution in [0.25, 0.3) is 0 Å². The molecule has 0 aromatic rings. The van der Waals surface area contributed by atoms with E-state index >= 15 is 0 Å². The molecule has 3 heteroatoms. The van der Waals surface area contributed by atoms with Crippen molar-refractivity contribution < 1.29 is 9.53 Å². The van der Waals surface area contributed by atoms with Crippen molar-refractivity contribution >= 4 is 5.97 Å². The van der Waals surface area contributed by atoms with E-state index < -0.39 is 0 Å². The summed E-state index contributed by atoms with van der Waals surface area (Å²) >= 11 is 0. The second-order valence-corrected chi connectivity index (χ2v) is 6.03. The summed E-state index contributed by atoms with van der Waals surface area (Å²) in [5, 5.41) is 0. The molecule has 1 rings (SSSR count). The highest BCUT2D eigenvalue weighted by molar-refractivity contribution is 5.75. The Labute approximate surface area is 153 Å². The first-order valence-corrected chi connectivity index (χ1v) is 10.5. The van der Waals surface area contributed by atoms with Gasteiger partial charge in [-0.1, -0.05) is 67.7 Å². The number of hydrogen-bond acceptors (Lipinski definition) is 3. The molecule has 24 heavy (non-hydrogen) atoms. The highest BCUT2D eigenvalue weighted by Gasteiger charge is 2.28. The molecule has 1 heterocycles. The molecule has 1 aliphatic rings. The lowest BCUT2D eigenvalue weighted by molar-refractivity contribution is -0.154. The van der Waals surface area contributed by atoms with E-state index in [0.29, 0.717) is 6.61 Å². The van der Waals surface area contributed by atoms with Crippen LogP contribution in [0, 0.1) is 5.41 Å². The van der Waals surface area contributed by atoms with Crippen LogP contribution in [0.15, 0.2) is 0 Å². The van der Waals surface area contributed by atoms with Crippen molar-refractivity contribution in [3.63, 3.8) is 0 Å². The van der Waals surface area contributed by atoms with E-state index in [4.69, 9.17) is 4.74 Å². The summed E-state index contributed by atoms with van der Waals surface area (Å²) in [6.45, 7) is 21.8. The smallest absolute Gasteiger partial charge is 0.311 e. The number of nitrogens with zero attached hydrogens (tertiary/aromatic N) is 1. The summed E-state index contributed by atoms with van der Waals surface area (Å²) in [5.74, 6) is -0.0424. The Hall–Kier alpha value is -0.570. The fourth-order valence-corrected chi connectivity index (χ4v) is 2.55. The molecule has 0 bridgehead atoms. The Morgan fingerprint density at radius 2 is 1.38 bits per heavy atom. The van der Waals surface area contributed by atoms with Gasteiger partial charge in [0.15, 0.2) is 0 Å². The molecular weight excluding hydrogens is 298 g/mol. The summed E-state index contributed by atoms with van der Waals surface area (Å²) in [6.07, 6.45) is 7.19. The average molecular weight is 346 g/mol. The Morgan fingerprint density at radius 3 is 1.79 bits per heavy atom. The Bertz CT molecular complexity index is 244. The molecule has 0 saturated carbocycles. The molecule has 0 aromatic carbocycles. The minimum absolute atomic E-state index is 0.0424. The van der Waals surface area contributed by atoms with Gasteiger partial charge in [-0.2, -0.15) is 0 Å². The fourth-order valence-electron chi connectivity index (χ4n) is 2.55. The Kier molecular flexibility index (Phi) is 24.1. The zero-order valence-corrected chi connectivity index (χ0v) is 18.3. The number of esters is 1. The molecule has 0 aromatic heterocycles. The van der Waals surface area contributed by atoms with Crippen LogP contribution in [0.3, 0.4) is 0 Å². The minimum atomic E-state index is -0.326. The van der Waals surface area contributed by atoms with Crippen molar-refractivity contribution in [1.29, 1.82) is 0 Å². The minimum Gasteiger partial charge on any atom is -0.464 e. The maximum Gasteiger partial charge on any atom is 0.311 e. The van der Waals surface area contributed by atoms with Crippen molar-refractivity contribution in [3.8, 4) is 0 Å². The topological polar surface area (TPSA) is 29.5 Å².